The first-order chi connectivity index (χ1) is 8.83. The first kappa shape index (κ1) is 12.2. The van der Waals surface area contributed by atoms with E-state index in [-0.39, 0.29) is 5.60 Å². The first-order valence-corrected chi connectivity index (χ1v) is 7.16. The zero-order valence-corrected chi connectivity index (χ0v) is 11.2. The topological polar surface area (TPSA) is 21.3 Å². The number of hydrogen-bond donors (Lipinski definition) is 1. The molecule has 18 heavy (non-hydrogen) atoms. The van der Waals surface area contributed by atoms with Gasteiger partial charge in [-0.1, -0.05) is 30.3 Å². The summed E-state index contributed by atoms with van der Waals surface area (Å²) in [6.45, 7) is 1.000. The third-order valence-electron chi connectivity index (χ3n) is 4.59. The molecule has 1 N–H and O–H groups in total. The Balaban J connectivity index is 1.64. The van der Waals surface area contributed by atoms with Crippen LogP contribution in [0, 0.1) is 5.92 Å². The number of nitrogens with one attached hydrogen (secondary N) is 1. The Hall–Kier alpha value is -0.860. The molecular weight excluding hydrogens is 222 g/mol. The van der Waals surface area contributed by atoms with E-state index in [0.29, 0.717) is 6.04 Å². The second-order valence-corrected chi connectivity index (χ2v) is 5.85. The van der Waals surface area contributed by atoms with Crippen LogP contribution < -0.4 is 5.32 Å². The molecule has 2 nitrogen and oxygen atoms in total. The molecule has 2 aliphatic rings. The Morgan fingerprint density at radius 2 is 2.00 bits per heavy atom. The summed E-state index contributed by atoms with van der Waals surface area (Å²) in [5.74, 6) is 0.835. The monoisotopic (exact) mass is 245 g/mol. The molecule has 0 spiro atoms. The van der Waals surface area contributed by atoms with Crippen LogP contribution in [-0.2, 0) is 4.74 Å². The fourth-order valence-corrected chi connectivity index (χ4v) is 2.97. The maximum atomic E-state index is 5.70. The Kier molecular flexibility index (Phi) is 3.40. The highest BCUT2D eigenvalue weighted by Crippen LogP contribution is 2.42. The minimum atomic E-state index is 0.127. The molecule has 98 valence electrons. The lowest BCUT2D eigenvalue weighted by Gasteiger charge is -2.41. The highest BCUT2D eigenvalue weighted by Gasteiger charge is 2.39. The van der Waals surface area contributed by atoms with Gasteiger partial charge < -0.3 is 10.1 Å². The summed E-state index contributed by atoms with van der Waals surface area (Å²) in [6, 6.07) is 11.4. The summed E-state index contributed by atoms with van der Waals surface area (Å²) in [7, 11) is 1.86. The van der Waals surface area contributed by atoms with Gasteiger partial charge in [-0.2, -0.15) is 0 Å². The first-order valence-electron chi connectivity index (χ1n) is 7.16. The van der Waals surface area contributed by atoms with Crippen molar-refractivity contribution in [2.24, 2.45) is 5.92 Å². The maximum Gasteiger partial charge on any atom is 0.0802 e. The van der Waals surface area contributed by atoms with Gasteiger partial charge in [0.15, 0.2) is 0 Å². The van der Waals surface area contributed by atoms with Crippen molar-refractivity contribution in [3.63, 3.8) is 0 Å². The predicted molar refractivity (Wildman–Crippen MR) is 73.5 cm³/mol. The second kappa shape index (κ2) is 5.02. The molecule has 2 heteroatoms. The van der Waals surface area contributed by atoms with Crippen LogP contribution in [0.25, 0.3) is 0 Å². The van der Waals surface area contributed by atoms with Crippen molar-refractivity contribution in [1.29, 1.82) is 0 Å². The molecule has 2 aliphatic carbocycles. The largest absolute Gasteiger partial charge is 0.377 e. The lowest BCUT2D eigenvalue weighted by molar-refractivity contribution is -0.0712. The van der Waals surface area contributed by atoms with Crippen molar-refractivity contribution in [1.82, 2.24) is 5.32 Å². The van der Waals surface area contributed by atoms with Gasteiger partial charge in [-0.05, 0) is 43.6 Å². The minimum absolute atomic E-state index is 0.127. The van der Waals surface area contributed by atoms with Crippen molar-refractivity contribution >= 4 is 0 Å². The Bertz CT molecular complexity index is 376. The number of rotatable bonds is 6. The highest BCUT2D eigenvalue weighted by atomic mass is 16.5. The average molecular weight is 245 g/mol. The van der Waals surface area contributed by atoms with E-state index in [1.807, 2.05) is 7.11 Å². The van der Waals surface area contributed by atoms with E-state index in [4.69, 9.17) is 4.74 Å². The molecule has 0 aromatic heterocycles. The van der Waals surface area contributed by atoms with Gasteiger partial charge in [0.25, 0.3) is 0 Å². The second-order valence-electron chi connectivity index (χ2n) is 5.85. The fraction of sp³-hybridized carbons (Fsp3) is 0.625. The van der Waals surface area contributed by atoms with Gasteiger partial charge in [-0.25, -0.2) is 0 Å². The number of benzene rings is 1. The fourth-order valence-electron chi connectivity index (χ4n) is 2.97. The van der Waals surface area contributed by atoms with Crippen LogP contribution in [0.2, 0.25) is 0 Å². The molecule has 1 aromatic rings. The van der Waals surface area contributed by atoms with E-state index >= 15 is 0 Å². The highest BCUT2D eigenvalue weighted by molar-refractivity contribution is 5.21. The van der Waals surface area contributed by atoms with Crippen molar-refractivity contribution in [2.75, 3.05) is 13.7 Å². The molecule has 1 unspecified atom stereocenters. The van der Waals surface area contributed by atoms with E-state index in [0.717, 1.165) is 12.5 Å². The summed E-state index contributed by atoms with van der Waals surface area (Å²) in [6.07, 6.45) is 6.47. The van der Waals surface area contributed by atoms with E-state index in [1.165, 1.54) is 37.7 Å². The van der Waals surface area contributed by atoms with Gasteiger partial charge in [-0.3, -0.25) is 0 Å². The predicted octanol–water partition coefficient (Wildman–Crippen LogP) is 3.30. The van der Waals surface area contributed by atoms with Crippen molar-refractivity contribution in [3.8, 4) is 0 Å². The summed E-state index contributed by atoms with van der Waals surface area (Å²) in [4.78, 5) is 0. The van der Waals surface area contributed by atoms with Gasteiger partial charge in [0.2, 0.25) is 0 Å². The van der Waals surface area contributed by atoms with Gasteiger partial charge in [0, 0.05) is 19.7 Å². The molecule has 3 rings (SSSR count). The van der Waals surface area contributed by atoms with Gasteiger partial charge in [0.05, 0.1) is 5.60 Å². The van der Waals surface area contributed by atoms with Crippen molar-refractivity contribution in [2.45, 2.75) is 43.7 Å². The Morgan fingerprint density at radius 3 is 2.50 bits per heavy atom. The average Bonchev–Trinajstić information content (AvgIpc) is 3.18. The lowest BCUT2D eigenvalue weighted by atomic mass is 9.79. The zero-order valence-electron chi connectivity index (χ0n) is 11.2. The minimum Gasteiger partial charge on any atom is -0.377 e. The Labute approximate surface area is 110 Å². The molecule has 0 heterocycles. The summed E-state index contributed by atoms with van der Waals surface area (Å²) < 4.78 is 5.70. The van der Waals surface area contributed by atoms with Gasteiger partial charge in [0.1, 0.15) is 0 Å². The van der Waals surface area contributed by atoms with Crippen LogP contribution in [0.4, 0.5) is 0 Å². The van der Waals surface area contributed by atoms with Crippen LogP contribution in [0.1, 0.15) is 43.7 Å². The van der Waals surface area contributed by atoms with Gasteiger partial charge in [-0.15, -0.1) is 0 Å². The molecule has 1 aromatic carbocycles. The van der Waals surface area contributed by atoms with Crippen LogP contribution in [-0.4, -0.2) is 19.3 Å². The van der Waals surface area contributed by atoms with Crippen LogP contribution in [0.3, 0.4) is 0 Å². The molecule has 0 bridgehead atoms. The van der Waals surface area contributed by atoms with Crippen molar-refractivity contribution < 1.29 is 4.74 Å². The third kappa shape index (κ3) is 2.45. The quantitative estimate of drug-likeness (QED) is 0.830. The normalized spacial score (nSPS) is 23.4. The molecule has 1 atom stereocenters. The van der Waals surface area contributed by atoms with E-state index in [9.17, 15) is 0 Å². The van der Waals surface area contributed by atoms with Crippen LogP contribution >= 0.6 is 0 Å². The number of hydrogen-bond acceptors (Lipinski definition) is 2. The molecule has 0 aliphatic heterocycles. The third-order valence-corrected chi connectivity index (χ3v) is 4.59. The van der Waals surface area contributed by atoms with Crippen molar-refractivity contribution in [3.05, 3.63) is 35.9 Å². The number of methoxy groups -OCH3 is 1. The summed E-state index contributed by atoms with van der Waals surface area (Å²) >= 11 is 0. The maximum absolute atomic E-state index is 5.70. The molecule has 0 radical (unpaired) electrons. The van der Waals surface area contributed by atoms with Crippen LogP contribution in [0.5, 0.6) is 0 Å². The summed E-state index contributed by atoms with van der Waals surface area (Å²) in [5, 5.41) is 3.77. The molecule has 0 amide bonds. The van der Waals surface area contributed by atoms with E-state index in [2.05, 4.69) is 35.6 Å². The van der Waals surface area contributed by atoms with E-state index < -0.39 is 0 Å². The van der Waals surface area contributed by atoms with E-state index in [1.54, 1.807) is 0 Å². The molecular formula is C16H23NO. The number of ether oxygens (including phenoxy) is 1. The zero-order chi connectivity index (χ0) is 12.4. The smallest absolute Gasteiger partial charge is 0.0802 e. The van der Waals surface area contributed by atoms with Crippen LogP contribution in [0.15, 0.2) is 30.3 Å². The summed E-state index contributed by atoms with van der Waals surface area (Å²) in [5.41, 5.74) is 1.56. The molecule has 0 saturated heterocycles. The molecule has 2 saturated carbocycles. The SMILES string of the molecule is COC1(CNC(c2ccccc2)C2CC2)CCC1. The standard InChI is InChI=1S/C16H23NO/c1-18-16(10-5-11-16)12-17-15(14-8-9-14)13-6-3-2-4-7-13/h2-4,6-7,14-15,17H,5,8-12H2,1H3. The van der Waals surface area contributed by atoms with Gasteiger partial charge >= 0.3 is 0 Å². The molecule has 2 fully saturated rings. The Morgan fingerprint density at radius 1 is 1.28 bits per heavy atom. The lowest BCUT2D eigenvalue weighted by Crippen LogP contribution is -2.48.